The van der Waals surface area contributed by atoms with E-state index in [0.29, 0.717) is 9.81 Å². The quantitative estimate of drug-likeness (QED) is 0.384. The largest absolute Gasteiger partial charge is 0.481 e. The summed E-state index contributed by atoms with van der Waals surface area (Å²) in [4.78, 5) is 40.8. The minimum Gasteiger partial charge on any atom is -0.258 e. The van der Waals surface area contributed by atoms with E-state index in [1.54, 1.807) is 0 Å². The first-order valence-electron chi connectivity index (χ1n) is 6.69. The molecule has 12 nitrogen and oxygen atoms in total. The van der Waals surface area contributed by atoms with Gasteiger partial charge in [0.1, 0.15) is 32.5 Å². The van der Waals surface area contributed by atoms with Crippen LogP contribution in [0.5, 0.6) is 0 Å². The molecule has 0 heterocycles. The minimum atomic E-state index is -2.41. The Bertz CT molecular complexity index is 692. The summed E-state index contributed by atoms with van der Waals surface area (Å²) in [6, 6.07) is 0. The van der Waals surface area contributed by atoms with Crippen molar-refractivity contribution >= 4 is 11.8 Å². The number of hydrogen-bond acceptors (Lipinski definition) is 9. The van der Waals surface area contributed by atoms with Gasteiger partial charge in [-0.25, -0.2) is 0 Å². The Balaban J connectivity index is 2.12. The van der Waals surface area contributed by atoms with Gasteiger partial charge in [-0.1, -0.05) is 23.9 Å². The van der Waals surface area contributed by atoms with Crippen molar-refractivity contribution in [1.82, 2.24) is 0 Å². The molecule has 0 N–H and O–H groups in total. The van der Waals surface area contributed by atoms with Crippen molar-refractivity contribution in [3.8, 4) is 0 Å². The van der Waals surface area contributed by atoms with Gasteiger partial charge >= 0.3 is 11.3 Å². The van der Waals surface area contributed by atoms with Gasteiger partial charge in [-0.2, -0.15) is 0 Å². The Labute approximate surface area is 143 Å². The third-order valence-electron chi connectivity index (χ3n) is 3.74. The number of thioether (sulfide) groups is 1. The van der Waals surface area contributed by atoms with Gasteiger partial charge in [0, 0.05) is 9.81 Å². The van der Waals surface area contributed by atoms with Crippen LogP contribution in [0.15, 0.2) is 46.3 Å². The number of nitro groups is 4. The highest BCUT2D eigenvalue weighted by molar-refractivity contribution is 8.07. The Morgan fingerprint density at radius 3 is 1.24 bits per heavy atom. The molecule has 0 aromatic rings. The van der Waals surface area contributed by atoms with Crippen LogP contribution in [0.4, 0.5) is 0 Å². The second-order valence-corrected chi connectivity index (χ2v) is 6.32. The molecule has 13 heteroatoms. The Morgan fingerprint density at radius 2 is 1.04 bits per heavy atom. The van der Waals surface area contributed by atoms with E-state index in [2.05, 4.69) is 0 Å². The van der Waals surface area contributed by atoms with Gasteiger partial charge in [-0.05, 0) is 12.2 Å². The van der Waals surface area contributed by atoms with Crippen LogP contribution >= 0.6 is 11.8 Å². The average molecular weight is 370 g/mol. The SMILES string of the molecule is O=[N+]([O-])C1([N+](=O)[O-])C=CC(SC2=CCC([N+](=O)[O-])([N+](=O)[O-])C=C2)=CC1. The molecule has 0 fully saturated rings. The summed E-state index contributed by atoms with van der Waals surface area (Å²) >= 11 is 1.05. The fourth-order valence-electron chi connectivity index (χ4n) is 2.17. The van der Waals surface area contributed by atoms with Crippen LogP contribution in [-0.2, 0) is 0 Å². The lowest BCUT2D eigenvalue weighted by Gasteiger charge is -2.18. The molecule has 0 amide bonds. The Hall–Kier alpha value is -3.09. The maximum Gasteiger partial charge on any atom is 0.481 e. The summed E-state index contributed by atoms with van der Waals surface area (Å²) in [7, 11) is 0. The molecule has 2 rings (SSSR count). The third-order valence-corrected chi connectivity index (χ3v) is 4.81. The van der Waals surface area contributed by atoms with Gasteiger partial charge in [0.05, 0.1) is 12.2 Å². The maximum absolute atomic E-state index is 10.9. The van der Waals surface area contributed by atoms with Crippen molar-refractivity contribution in [1.29, 1.82) is 0 Å². The molecule has 0 aliphatic heterocycles. The van der Waals surface area contributed by atoms with E-state index in [0.717, 1.165) is 23.9 Å². The zero-order valence-corrected chi connectivity index (χ0v) is 13.2. The van der Waals surface area contributed by atoms with E-state index in [9.17, 15) is 40.5 Å². The van der Waals surface area contributed by atoms with Gasteiger partial charge in [0.15, 0.2) is 0 Å². The zero-order valence-electron chi connectivity index (χ0n) is 12.3. The van der Waals surface area contributed by atoms with Gasteiger partial charge in [-0.15, -0.1) is 0 Å². The summed E-state index contributed by atoms with van der Waals surface area (Å²) < 4.78 is 0. The summed E-state index contributed by atoms with van der Waals surface area (Å²) in [5.74, 6) is 0. The first-order chi connectivity index (χ1) is 11.6. The molecule has 0 aromatic heterocycles. The fourth-order valence-corrected chi connectivity index (χ4v) is 3.04. The topological polar surface area (TPSA) is 173 Å². The second-order valence-electron chi connectivity index (χ2n) is 5.18. The van der Waals surface area contributed by atoms with E-state index in [-0.39, 0.29) is 0 Å². The van der Waals surface area contributed by atoms with Crippen LogP contribution in [0.3, 0.4) is 0 Å². The molecule has 0 unspecified atom stereocenters. The molecule has 132 valence electrons. The monoisotopic (exact) mass is 370 g/mol. The van der Waals surface area contributed by atoms with E-state index in [1.165, 1.54) is 24.3 Å². The van der Waals surface area contributed by atoms with Gasteiger partial charge in [0.2, 0.25) is 0 Å². The van der Waals surface area contributed by atoms with Crippen molar-refractivity contribution in [2.75, 3.05) is 0 Å². The van der Waals surface area contributed by atoms with E-state index in [1.807, 2.05) is 0 Å². The normalized spacial score (nSPS) is 20.3. The number of hydrogen-bond donors (Lipinski definition) is 0. The second kappa shape index (κ2) is 6.43. The van der Waals surface area contributed by atoms with Gasteiger partial charge < -0.3 is 0 Å². The zero-order chi connectivity index (χ0) is 18.8. The summed E-state index contributed by atoms with van der Waals surface area (Å²) in [6.07, 6.45) is 5.92. The number of allylic oxidation sites excluding steroid dienone is 2. The van der Waals surface area contributed by atoms with Crippen molar-refractivity contribution < 1.29 is 19.7 Å². The van der Waals surface area contributed by atoms with Gasteiger partial charge in [-0.3, -0.25) is 40.5 Å². The maximum atomic E-state index is 10.9. The number of nitrogens with zero attached hydrogens (tertiary/aromatic N) is 4. The first kappa shape index (κ1) is 18.3. The molecule has 0 aromatic carbocycles. The molecule has 0 atom stereocenters. The average Bonchev–Trinajstić information content (AvgIpc) is 2.55. The summed E-state index contributed by atoms with van der Waals surface area (Å²) in [6.45, 7) is 0. The molecule has 0 radical (unpaired) electrons. The lowest BCUT2D eigenvalue weighted by Crippen LogP contribution is -2.45. The van der Waals surface area contributed by atoms with Crippen LogP contribution < -0.4 is 0 Å². The standard InChI is InChI=1S/C12H10N4O8S/c17-13(18)11(14(19)20)5-1-9(2-6-11)25-10-3-7-12(8-4-10,15(21)22)16(23)24/h1-5,7H,6,8H2. The lowest BCUT2D eigenvalue weighted by molar-refractivity contribution is -0.780. The summed E-state index contributed by atoms with van der Waals surface area (Å²) in [5, 5.41) is 43.8. The van der Waals surface area contributed by atoms with Crippen LogP contribution in [-0.4, -0.2) is 31.0 Å². The Morgan fingerprint density at radius 1 is 0.720 bits per heavy atom. The molecule has 25 heavy (non-hydrogen) atoms. The molecule has 2 aliphatic carbocycles. The molecule has 0 bridgehead atoms. The van der Waals surface area contributed by atoms with Crippen LogP contribution in [0.1, 0.15) is 12.8 Å². The highest BCUT2D eigenvalue weighted by Crippen LogP contribution is 2.37. The molecule has 0 spiro atoms. The molecule has 0 saturated carbocycles. The Kier molecular flexibility index (Phi) is 4.69. The lowest BCUT2D eigenvalue weighted by atomic mass is 10.0. The van der Waals surface area contributed by atoms with E-state index in [4.69, 9.17) is 0 Å². The molecular weight excluding hydrogens is 360 g/mol. The highest BCUT2D eigenvalue weighted by atomic mass is 32.2. The van der Waals surface area contributed by atoms with Crippen LogP contribution in [0.25, 0.3) is 0 Å². The fraction of sp³-hybridized carbons (Fsp3) is 0.333. The van der Waals surface area contributed by atoms with Crippen molar-refractivity contribution in [2.45, 2.75) is 24.2 Å². The smallest absolute Gasteiger partial charge is 0.258 e. The van der Waals surface area contributed by atoms with Crippen molar-refractivity contribution in [3.63, 3.8) is 0 Å². The van der Waals surface area contributed by atoms with Gasteiger partial charge in [0.25, 0.3) is 0 Å². The van der Waals surface area contributed by atoms with Crippen LogP contribution in [0.2, 0.25) is 0 Å². The predicted molar refractivity (Wildman–Crippen MR) is 84.7 cm³/mol. The first-order valence-corrected chi connectivity index (χ1v) is 7.50. The number of rotatable bonds is 6. The third kappa shape index (κ3) is 3.13. The molecule has 0 saturated heterocycles. The van der Waals surface area contributed by atoms with E-state index < -0.39 is 43.9 Å². The predicted octanol–water partition coefficient (Wildman–Crippen LogP) is 1.91. The van der Waals surface area contributed by atoms with Crippen LogP contribution in [0, 0.1) is 40.5 Å². The highest BCUT2D eigenvalue weighted by Gasteiger charge is 2.55. The minimum absolute atomic E-state index is 0.448. The summed E-state index contributed by atoms with van der Waals surface area (Å²) in [5.41, 5.74) is -4.82. The molecular formula is C12H10N4O8S. The van der Waals surface area contributed by atoms with Crippen molar-refractivity contribution in [2.24, 2.45) is 0 Å². The molecule has 2 aliphatic rings. The van der Waals surface area contributed by atoms with E-state index >= 15 is 0 Å². The van der Waals surface area contributed by atoms with Crippen molar-refractivity contribution in [3.05, 3.63) is 86.7 Å².